The summed E-state index contributed by atoms with van der Waals surface area (Å²) in [6, 6.07) is 3.06. The van der Waals surface area contributed by atoms with Gasteiger partial charge in [0.05, 0.1) is 17.2 Å². The van der Waals surface area contributed by atoms with Gasteiger partial charge in [-0.1, -0.05) is 27.5 Å². The molecule has 0 aliphatic heterocycles. The van der Waals surface area contributed by atoms with Gasteiger partial charge in [-0.05, 0) is 19.1 Å². The molecule has 15 heavy (non-hydrogen) atoms. The fourth-order valence-electron chi connectivity index (χ4n) is 1.05. The lowest BCUT2D eigenvalue weighted by atomic mass is 10.1. The third-order valence-corrected chi connectivity index (χ3v) is 2.57. The van der Waals surface area contributed by atoms with Crippen LogP contribution in [0.25, 0.3) is 0 Å². The van der Waals surface area contributed by atoms with Crippen LogP contribution < -0.4 is 0 Å². The Morgan fingerprint density at radius 1 is 1.60 bits per heavy atom. The predicted molar refractivity (Wildman–Crippen MR) is 60.5 cm³/mol. The largest absolute Gasteiger partial charge is 0.462 e. The quantitative estimate of drug-likeness (QED) is 0.635. The first-order valence-electron chi connectivity index (χ1n) is 4.21. The number of hydrogen-bond acceptors (Lipinski definition) is 3. The van der Waals surface area contributed by atoms with Crippen molar-refractivity contribution in [3.8, 4) is 0 Å². The van der Waals surface area contributed by atoms with Gasteiger partial charge < -0.3 is 4.74 Å². The van der Waals surface area contributed by atoms with Crippen LogP contribution in [0.2, 0.25) is 5.02 Å². The minimum absolute atomic E-state index is 0.117. The summed E-state index contributed by atoms with van der Waals surface area (Å²) in [5, 5.41) is 0.117. The van der Waals surface area contributed by atoms with Crippen molar-refractivity contribution >= 4 is 39.8 Å². The van der Waals surface area contributed by atoms with Gasteiger partial charge in [-0.3, -0.25) is 4.79 Å². The summed E-state index contributed by atoms with van der Waals surface area (Å²) in [6.07, 6.45) is 0.593. The van der Waals surface area contributed by atoms with E-state index in [9.17, 15) is 9.59 Å². The van der Waals surface area contributed by atoms with Crippen molar-refractivity contribution < 1.29 is 14.3 Å². The zero-order valence-electron chi connectivity index (χ0n) is 7.92. The summed E-state index contributed by atoms with van der Waals surface area (Å²) in [6.45, 7) is 1.96. The van der Waals surface area contributed by atoms with E-state index in [0.29, 0.717) is 10.8 Å². The Bertz CT molecular complexity index is 404. The Morgan fingerprint density at radius 3 is 2.80 bits per heavy atom. The van der Waals surface area contributed by atoms with Crippen molar-refractivity contribution in [2.45, 2.75) is 6.92 Å². The monoisotopic (exact) mass is 290 g/mol. The van der Waals surface area contributed by atoms with Gasteiger partial charge in [0.1, 0.15) is 0 Å². The van der Waals surface area contributed by atoms with E-state index in [4.69, 9.17) is 16.3 Å². The summed E-state index contributed by atoms with van der Waals surface area (Å²) < 4.78 is 5.41. The van der Waals surface area contributed by atoms with Crippen molar-refractivity contribution in [3.63, 3.8) is 0 Å². The van der Waals surface area contributed by atoms with Crippen LogP contribution in [0, 0.1) is 0 Å². The first kappa shape index (κ1) is 12.2. The zero-order valence-corrected chi connectivity index (χ0v) is 10.3. The molecule has 80 valence electrons. The highest BCUT2D eigenvalue weighted by Gasteiger charge is 2.15. The van der Waals surface area contributed by atoms with Crippen LogP contribution in [0.4, 0.5) is 0 Å². The third-order valence-electron chi connectivity index (χ3n) is 1.69. The van der Waals surface area contributed by atoms with Crippen LogP contribution in [-0.2, 0) is 4.74 Å². The maximum absolute atomic E-state index is 11.4. The second-order valence-electron chi connectivity index (χ2n) is 2.69. The normalized spacial score (nSPS) is 9.80. The highest BCUT2D eigenvalue weighted by molar-refractivity contribution is 9.10. The van der Waals surface area contributed by atoms with Gasteiger partial charge in [-0.25, -0.2) is 4.79 Å². The molecular weight excluding hydrogens is 283 g/mol. The van der Waals surface area contributed by atoms with Gasteiger partial charge in [0, 0.05) is 10.0 Å². The standard InChI is InChI=1S/C10H8BrClO3/c1-2-15-10(14)8-4-7(11)3-6(5-13)9(8)12/h3-5H,2H2,1H3. The van der Waals surface area contributed by atoms with Crippen molar-refractivity contribution in [1.82, 2.24) is 0 Å². The smallest absolute Gasteiger partial charge is 0.339 e. The summed E-state index contributed by atoms with van der Waals surface area (Å²) in [7, 11) is 0. The van der Waals surface area contributed by atoms with E-state index < -0.39 is 5.97 Å². The molecule has 0 amide bonds. The molecule has 3 nitrogen and oxygen atoms in total. The number of carbonyl (C=O) groups is 2. The van der Waals surface area contributed by atoms with Crippen LogP contribution in [0.1, 0.15) is 27.6 Å². The number of hydrogen-bond donors (Lipinski definition) is 0. The van der Waals surface area contributed by atoms with Gasteiger partial charge in [-0.2, -0.15) is 0 Å². The fraction of sp³-hybridized carbons (Fsp3) is 0.200. The summed E-state index contributed by atoms with van der Waals surface area (Å²) in [4.78, 5) is 22.1. The number of aldehydes is 1. The van der Waals surface area contributed by atoms with E-state index in [2.05, 4.69) is 15.9 Å². The number of esters is 1. The number of benzene rings is 1. The van der Waals surface area contributed by atoms with Crippen molar-refractivity contribution in [3.05, 3.63) is 32.8 Å². The van der Waals surface area contributed by atoms with E-state index in [1.165, 1.54) is 12.1 Å². The Kier molecular flexibility index (Phi) is 4.29. The molecule has 0 bridgehead atoms. The number of rotatable bonds is 3. The Morgan fingerprint density at radius 2 is 2.27 bits per heavy atom. The minimum atomic E-state index is -0.535. The number of halogens is 2. The highest BCUT2D eigenvalue weighted by atomic mass is 79.9. The molecule has 0 aliphatic carbocycles. The van der Waals surface area contributed by atoms with Crippen LogP contribution in [-0.4, -0.2) is 18.9 Å². The van der Waals surface area contributed by atoms with Crippen LogP contribution in [0.15, 0.2) is 16.6 Å². The molecule has 0 spiro atoms. The van der Waals surface area contributed by atoms with Crippen LogP contribution >= 0.6 is 27.5 Å². The molecule has 1 rings (SSSR count). The lowest BCUT2D eigenvalue weighted by Crippen LogP contribution is -2.06. The molecule has 0 heterocycles. The highest BCUT2D eigenvalue weighted by Crippen LogP contribution is 2.25. The lowest BCUT2D eigenvalue weighted by molar-refractivity contribution is 0.0526. The number of carbonyl (C=O) groups excluding carboxylic acids is 2. The average molecular weight is 292 g/mol. The van der Waals surface area contributed by atoms with Gasteiger partial charge in [-0.15, -0.1) is 0 Å². The van der Waals surface area contributed by atoms with E-state index in [0.717, 1.165) is 0 Å². The van der Waals surface area contributed by atoms with Crippen molar-refractivity contribution in [2.24, 2.45) is 0 Å². The van der Waals surface area contributed by atoms with E-state index >= 15 is 0 Å². The average Bonchev–Trinajstić information content (AvgIpc) is 2.21. The molecule has 5 heteroatoms. The van der Waals surface area contributed by atoms with E-state index in [-0.39, 0.29) is 22.8 Å². The molecule has 0 N–H and O–H groups in total. The first-order chi connectivity index (χ1) is 7.10. The molecule has 0 fully saturated rings. The molecule has 0 aliphatic rings. The molecule has 1 aromatic rings. The zero-order chi connectivity index (χ0) is 11.4. The van der Waals surface area contributed by atoms with Crippen LogP contribution in [0.3, 0.4) is 0 Å². The predicted octanol–water partition coefficient (Wildman–Crippen LogP) is 3.09. The maximum Gasteiger partial charge on any atom is 0.339 e. The van der Waals surface area contributed by atoms with Gasteiger partial charge in [0.15, 0.2) is 6.29 Å². The summed E-state index contributed by atoms with van der Waals surface area (Å²) in [5.74, 6) is -0.535. The summed E-state index contributed by atoms with van der Waals surface area (Å²) in [5.41, 5.74) is 0.448. The molecule has 1 aromatic carbocycles. The SMILES string of the molecule is CCOC(=O)c1cc(Br)cc(C=O)c1Cl. The molecule has 0 atom stereocenters. The third kappa shape index (κ3) is 2.79. The lowest BCUT2D eigenvalue weighted by Gasteiger charge is -2.06. The topological polar surface area (TPSA) is 43.4 Å². The second-order valence-corrected chi connectivity index (χ2v) is 3.99. The van der Waals surface area contributed by atoms with Crippen LogP contribution in [0.5, 0.6) is 0 Å². The molecule has 0 unspecified atom stereocenters. The van der Waals surface area contributed by atoms with E-state index in [1.54, 1.807) is 6.92 Å². The van der Waals surface area contributed by atoms with Gasteiger partial charge in [0.25, 0.3) is 0 Å². The molecule has 0 saturated carbocycles. The number of ether oxygens (including phenoxy) is 1. The minimum Gasteiger partial charge on any atom is -0.462 e. The van der Waals surface area contributed by atoms with E-state index in [1.807, 2.05) is 0 Å². The Labute approximate surface area is 100 Å². The second kappa shape index (κ2) is 5.28. The summed E-state index contributed by atoms with van der Waals surface area (Å²) >= 11 is 9.04. The first-order valence-corrected chi connectivity index (χ1v) is 5.38. The Balaban J connectivity index is 3.22. The molecular formula is C10H8BrClO3. The molecule has 0 radical (unpaired) electrons. The molecule has 0 aromatic heterocycles. The maximum atomic E-state index is 11.4. The van der Waals surface area contributed by atoms with Gasteiger partial charge >= 0.3 is 5.97 Å². The fourth-order valence-corrected chi connectivity index (χ4v) is 1.76. The molecule has 0 saturated heterocycles. The van der Waals surface area contributed by atoms with Gasteiger partial charge in [0.2, 0.25) is 0 Å². The van der Waals surface area contributed by atoms with Crippen molar-refractivity contribution in [1.29, 1.82) is 0 Å². The Hall–Kier alpha value is -0.870. The van der Waals surface area contributed by atoms with Crippen molar-refractivity contribution in [2.75, 3.05) is 6.61 Å².